The molecule has 2 aliphatic heterocycles. The number of rotatable bonds is 5. The third-order valence-electron chi connectivity index (χ3n) is 7.04. The summed E-state index contributed by atoms with van der Waals surface area (Å²) in [5, 5.41) is 3.11. The number of aryl methyl sites for hydroxylation is 1. The van der Waals surface area contributed by atoms with Crippen LogP contribution in [-0.4, -0.2) is 41.9 Å². The minimum atomic E-state index is -0.329. The van der Waals surface area contributed by atoms with Crippen LogP contribution in [0.1, 0.15) is 66.1 Å². The number of piperidine rings is 1. The smallest absolute Gasteiger partial charge is 0.289 e. The summed E-state index contributed by atoms with van der Waals surface area (Å²) in [6.45, 7) is 3.95. The van der Waals surface area contributed by atoms with Gasteiger partial charge in [0.25, 0.3) is 5.91 Å². The summed E-state index contributed by atoms with van der Waals surface area (Å²) >= 11 is 0. The molecule has 1 N–H and O–H groups in total. The largest absolute Gasteiger partial charge is 0.487 e. The molecule has 1 aromatic carbocycles. The van der Waals surface area contributed by atoms with Crippen LogP contribution in [0.2, 0.25) is 0 Å². The number of ether oxygens (including phenoxy) is 1. The molecular weight excluding hydrogens is 392 g/mol. The van der Waals surface area contributed by atoms with Crippen LogP contribution in [0.4, 0.5) is 0 Å². The second-order valence-electron chi connectivity index (χ2n) is 9.40. The van der Waals surface area contributed by atoms with Crippen LogP contribution < -0.4 is 10.1 Å². The van der Waals surface area contributed by atoms with E-state index in [1.165, 1.54) is 12.8 Å². The molecule has 3 aliphatic rings. The molecular formula is C25H30N2O4. The summed E-state index contributed by atoms with van der Waals surface area (Å²) in [7, 11) is 0. The lowest BCUT2D eigenvalue weighted by molar-refractivity contribution is -0.122. The number of para-hydroxylation sites is 1. The van der Waals surface area contributed by atoms with E-state index in [4.69, 9.17) is 9.15 Å². The summed E-state index contributed by atoms with van der Waals surface area (Å²) in [5.41, 5.74) is 1.66. The minimum Gasteiger partial charge on any atom is -0.487 e. The van der Waals surface area contributed by atoms with E-state index in [1.807, 2.05) is 36.1 Å². The maximum Gasteiger partial charge on any atom is 0.289 e. The highest BCUT2D eigenvalue weighted by atomic mass is 16.5. The second kappa shape index (κ2) is 8.06. The number of benzene rings is 1. The molecule has 0 bridgehead atoms. The van der Waals surface area contributed by atoms with Crippen molar-refractivity contribution in [3.8, 4) is 5.75 Å². The molecule has 5 rings (SSSR count). The van der Waals surface area contributed by atoms with Crippen molar-refractivity contribution in [3.63, 3.8) is 0 Å². The van der Waals surface area contributed by atoms with Gasteiger partial charge in [-0.15, -0.1) is 0 Å². The predicted molar refractivity (Wildman–Crippen MR) is 116 cm³/mol. The summed E-state index contributed by atoms with van der Waals surface area (Å²) in [5.74, 6) is 2.20. The number of furan rings is 1. The molecule has 3 heterocycles. The predicted octanol–water partition coefficient (Wildman–Crippen LogP) is 4.05. The normalized spacial score (nSPS) is 22.0. The van der Waals surface area contributed by atoms with E-state index in [0.717, 1.165) is 42.7 Å². The fourth-order valence-electron chi connectivity index (χ4n) is 4.96. The number of carbonyl (C=O) groups excluding carboxylic acids is 2. The van der Waals surface area contributed by atoms with Crippen molar-refractivity contribution in [1.82, 2.24) is 10.2 Å². The van der Waals surface area contributed by atoms with E-state index in [0.29, 0.717) is 31.2 Å². The van der Waals surface area contributed by atoms with Gasteiger partial charge in [0.2, 0.25) is 5.91 Å². The molecule has 6 heteroatoms. The van der Waals surface area contributed by atoms with Crippen molar-refractivity contribution >= 4 is 11.8 Å². The van der Waals surface area contributed by atoms with Gasteiger partial charge in [-0.05, 0) is 49.8 Å². The average Bonchev–Trinajstić information content (AvgIpc) is 3.51. The summed E-state index contributed by atoms with van der Waals surface area (Å²) in [6.07, 6.45) is 6.84. The first-order valence-corrected chi connectivity index (χ1v) is 11.4. The topological polar surface area (TPSA) is 71.8 Å². The fourth-order valence-corrected chi connectivity index (χ4v) is 4.96. The Labute approximate surface area is 182 Å². The van der Waals surface area contributed by atoms with Crippen molar-refractivity contribution in [2.75, 3.05) is 19.6 Å². The van der Waals surface area contributed by atoms with Crippen molar-refractivity contribution < 1.29 is 18.7 Å². The van der Waals surface area contributed by atoms with E-state index in [9.17, 15) is 9.59 Å². The zero-order chi connectivity index (χ0) is 21.4. The van der Waals surface area contributed by atoms with E-state index in [2.05, 4.69) is 11.4 Å². The quantitative estimate of drug-likeness (QED) is 0.789. The van der Waals surface area contributed by atoms with Crippen LogP contribution in [0.25, 0.3) is 0 Å². The lowest BCUT2D eigenvalue weighted by Crippen LogP contribution is -2.52. The molecule has 1 aromatic heterocycles. The molecule has 164 valence electrons. The number of nitrogens with zero attached hydrogens (tertiary/aromatic N) is 1. The number of hydrogen-bond acceptors (Lipinski definition) is 4. The first-order valence-electron chi connectivity index (χ1n) is 11.4. The Morgan fingerprint density at radius 2 is 1.94 bits per heavy atom. The third-order valence-corrected chi connectivity index (χ3v) is 7.04. The third kappa shape index (κ3) is 4.21. The van der Waals surface area contributed by atoms with E-state index < -0.39 is 0 Å². The first kappa shape index (κ1) is 20.2. The number of likely N-dealkylation sites (tertiary alicyclic amines) is 1. The Kier molecular flexibility index (Phi) is 5.24. The maximum atomic E-state index is 12.8. The molecule has 6 nitrogen and oxygen atoms in total. The van der Waals surface area contributed by atoms with Crippen molar-refractivity contribution in [3.05, 3.63) is 53.5 Å². The van der Waals surface area contributed by atoms with Gasteiger partial charge in [0, 0.05) is 50.4 Å². The molecule has 1 spiro atoms. The van der Waals surface area contributed by atoms with Crippen LogP contribution in [0.5, 0.6) is 5.75 Å². The maximum absolute atomic E-state index is 12.8. The molecule has 0 unspecified atom stereocenters. The highest BCUT2D eigenvalue weighted by Gasteiger charge is 2.44. The van der Waals surface area contributed by atoms with E-state index in [1.54, 1.807) is 6.26 Å². The van der Waals surface area contributed by atoms with Gasteiger partial charge < -0.3 is 19.4 Å². The van der Waals surface area contributed by atoms with Crippen LogP contribution in [0.15, 0.2) is 41.0 Å². The van der Waals surface area contributed by atoms with Crippen molar-refractivity contribution in [1.29, 1.82) is 0 Å². The molecule has 1 saturated carbocycles. The van der Waals surface area contributed by atoms with Crippen LogP contribution in [-0.2, 0) is 4.79 Å². The van der Waals surface area contributed by atoms with Gasteiger partial charge in [0.05, 0.1) is 6.26 Å². The van der Waals surface area contributed by atoms with Gasteiger partial charge in [0.1, 0.15) is 11.4 Å². The van der Waals surface area contributed by atoms with E-state index in [-0.39, 0.29) is 23.3 Å². The zero-order valence-electron chi connectivity index (χ0n) is 18.1. The van der Waals surface area contributed by atoms with Gasteiger partial charge in [-0.25, -0.2) is 0 Å². The highest BCUT2D eigenvalue weighted by Crippen LogP contribution is 2.46. The van der Waals surface area contributed by atoms with Crippen LogP contribution in [0, 0.1) is 12.8 Å². The number of fused-ring (bicyclic) bond motifs is 1. The molecule has 31 heavy (non-hydrogen) atoms. The van der Waals surface area contributed by atoms with Crippen molar-refractivity contribution in [2.45, 2.75) is 57.0 Å². The molecule has 2 aromatic rings. The van der Waals surface area contributed by atoms with Gasteiger partial charge in [-0.2, -0.15) is 0 Å². The summed E-state index contributed by atoms with van der Waals surface area (Å²) in [4.78, 5) is 27.3. The average molecular weight is 423 g/mol. The van der Waals surface area contributed by atoms with Gasteiger partial charge in [-0.3, -0.25) is 9.59 Å². The lowest BCUT2D eigenvalue weighted by atomic mass is 9.76. The van der Waals surface area contributed by atoms with E-state index >= 15 is 0 Å². The minimum absolute atomic E-state index is 0.0513. The van der Waals surface area contributed by atoms with Crippen LogP contribution >= 0.6 is 0 Å². The molecule has 2 amide bonds. The molecule has 1 aliphatic carbocycles. The first-order chi connectivity index (χ1) is 15.0. The highest BCUT2D eigenvalue weighted by molar-refractivity contribution is 5.92. The SMILES string of the molecule is Cc1ccoc1C(=O)N1CCC2(CC1)C[C@@H](CC(=O)NCC1CC1)c1ccccc1O2. The van der Waals surface area contributed by atoms with Gasteiger partial charge in [0.15, 0.2) is 5.76 Å². The lowest BCUT2D eigenvalue weighted by Gasteiger charge is -2.46. The number of nitrogens with one attached hydrogen (secondary N) is 1. The zero-order valence-corrected chi connectivity index (χ0v) is 18.1. The number of amides is 2. The Hall–Kier alpha value is -2.76. The monoisotopic (exact) mass is 422 g/mol. The number of hydrogen-bond donors (Lipinski definition) is 1. The molecule has 1 atom stereocenters. The Balaban J connectivity index is 1.28. The fraction of sp³-hybridized carbons (Fsp3) is 0.520. The summed E-state index contributed by atoms with van der Waals surface area (Å²) < 4.78 is 11.9. The Morgan fingerprint density at radius 3 is 2.65 bits per heavy atom. The molecule has 1 saturated heterocycles. The van der Waals surface area contributed by atoms with Gasteiger partial charge in [-0.1, -0.05) is 18.2 Å². The molecule has 0 radical (unpaired) electrons. The summed E-state index contributed by atoms with van der Waals surface area (Å²) in [6, 6.07) is 9.91. The van der Waals surface area contributed by atoms with Gasteiger partial charge >= 0.3 is 0 Å². The number of carbonyl (C=O) groups is 2. The Bertz CT molecular complexity index is 969. The van der Waals surface area contributed by atoms with Crippen molar-refractivity contribution in [2.24, 2.45) is 5.92 Å². The standard InChI is InChI=1S/C25H30N2O4/c1-17-8-13-30-23(17)24(29)27-11-9-25(10-12-27)15-19(14-22(28)26-16-18-6-7-18)20-4-2-3-5-21(20)31-25/h2-5,8,13,18-19H,6-7,9-12,14-16H2,1H3,(H,26,28)/t19-/m1/s1. The van der Waals surface area contributed by atoms with Crippen LogP contribution in [0.3, 0.4) is 0 Å². The molecule has 2 fully saturated rings. The second-order valence-corrected chi connectivity index (χ2v) is 9.40. The Morgan fingerprint density at radius 1 is 1.16 bits per heavy atom.